The lowest BCUT2D eigenvalue weighted by atomic mass is 10.1. The number of benzene rings is 2. The number of nitrogens with zero attached hydrogens (tertiary/aromatic N) is 3. The standard InChI is InChI=1S/C22H21N5O/c1-14-11-20(24-13-16-7-4-3-5-8-16)26-22(25-14)27-15(2)12-18-17(21(23)28)9-6-10-19(18)27/h3-12H,13H2,1-2H3,(H2,23,28)(H,24,25,26). The Morgan fingerprint density at radius 2 is 1.82 bits per heavy atom. The van der Waals surface area contributed by atoms with Crippen molar-refractivity contribution in [1.29, 1.82) is 0 Å². The Labute approximate surface area is 163 Å². The van der Waals surface area contributed by atoms with E-state index < -0.39 is 5.91 Å². The van der Waals surface area contributed by atoms with Crippen LogP contribution in [0.4, 0.5) is 5.82 Å². The van der Waals surface area contributed by atoms with E-state index in [0.29, 0.717) is 18.1 Å². The minimum Gasteiger partial charge on any atom is -0.366 e. The molecule has 0 aliphatic carbocycles. The topological polar surface area (TPSA) is 85.8 Å². The fraction of sp³-hybridized carbons (Fsp3) is 0.136. The van der Waals surface area contributed by atoms with E-state index >= 15 is 0 Å². The molecule has 0 radical (unpaired) electrons. The summed E-state index contributed by atoms with van der Waals surface area (Å²) >= 11 is 0. The molecular formula is C22H21N5O. The molecule has 2 aromatic heterocycles. The molecule has 2 aromatic carbocycles. The average Bonchev–Trinajstić information content (AvgIpc) is 3.02. The van der Waals surface area contributed by atoms with Crippen LogP contribution in [-0.4, -0.2) is 20.4 Å². The van der Waals surface area contributed by atoms with Gasteiger partial charge in [-0.3, -0.25) is 9.36 Å². The Kier molecular flexibility index (Phi) is 4.53. The van der Waals surface area contributed by atoms with Gasteiger partial charge >= 0.3 is 0 Å². The van der Waals surface area contributed by atoms with E-state index in [2.05, 4.69) is 22.4 Å². The fourth-order valence-corrected chi connectivity index (χ4v) is 3.38. The van der Waals surface area contributed by atoms with Crippen LogP contribution in [0.5, 0.6) is 0 Å². The van der Waals surface area contributed by atoms with Crippen LogP contribution < -0.4 is 11.1 Å². The van der Waals surface area contributed by atoms with E-state index in [1.807, 2.05) is 60.9 Å². The maximum atomic E-state index is 11.8. The second kappa shape index (κ2) is 7.15. The monoisotopic (exact) mass is 371 g/mol. The zero-order valence-corrected chi connectivity index (χ0v) is 15.8. The Hall–Kier alpha value is -3.67. The lowest BCUT2D eigenvalue weighted by Crippen LogP contribution is -2.11. The number of carbonyl (C=O) groups excluding carboxylic acids is 1. The maximum Gasteiger partial charge on any atom is 0.249 e. The van der Waals surface area contributed by atoms with Gasteiger partial charge in [-0.1, -0.05) is 36.4 Å². The first-order valence-corrected chi connectivity index (χ1v) is 9.07. The molecule has 6 nitrogen and oxygen atoms in total. The fourth-order valence-electron chi connectivity index (χ4n) is 3.38. The number of aromatic nitrogens is 3. The molecule has 4 rings (SSSR count). The third-order valence-electron chi connectivity index (χ3n) is 4.65. The molecule has 0 aliphatic rings. The molecule has 0 saturated heterocycles. The Bertz CT molecular complexity index is 1160. The number of hydrogen-bond donors (Lipinski definition) is 2. The normalized spacial score (nSPS) is 10.9. The third-order valence-corrected chi connectivity index (χ3v) is 4.65. The van der Waals surface area contributed by atoms with Gasteiger partial charge < -0.3 is 11.1 Å². The van der Waals surface area contributed by atoms with Gasteiger partial charge in [0.1, 0.15) is 5.82 Å². The first-order valence-electron chi connectivity index (χ1n) is 9.07. The van der Waals surface area contributed by atoms with E-state index in [4.69, 9.17) is 10.7 Å². The van der Waals surface area contributed by atoms with Gasteiger partial charge in [0.2, 0.25) is 11.9 Å². The Morgan fingerprint density at radius 3 is 2.57 bits per heavy atom. The SMILES string of the molecule is Cc1cc(NCc2ccccc2)nc(-n2c(C)cc3c(C(N)=O)cccc32)n1. The van der Waals surface area contributed by atoms with Crippen molar-refractivity contribution in [3.8, 4) is 5.95 Å². The first kappa shape index (κ1) is 17.7. The summed E-state index contributed by atoms with van der Waals surface area (Å²) in [6, 6.07) is 19.5. The number of aryl methyl sites for hydroxylation is 2. The van der Waals surface area contributed by atoms with Crippen molar-refractivity contribution in [2.24, 2.45) is 5.73 Å². The van der Waals surface area contributed by atoms with Gasteiger partial charge in [0.05, 0.1) is 5.52 Å². The minimum absolute atomic E-state index is 0.446. The quantitative estimate of drug-likeness (QED) is 0.559. The summed E-state index contributed by atoms with van der Waals surface area (Å²) in [6.07, 6.45) is 0. The number of nitrogens with one attached hydrogen (secondary N) is 1. The van der Waals surface area contributed by atoms with Crippen molar-refractivity contribution in [2.45, 2.75) is 20.4 Å². The van der Waals surface area contributed by atoms with Crippen LogP contribution in [0, 0.1) is 13.8 Å². The van der Waals surface area contributed by atoms with Gasteiger partial charge in [0, 0.05) is 34.9 Å². The van der Waals surface area contributed by atoms with Crippen LogP contribution in [0.25, 0.3) is 16.9 Å². The van der Waals surface area contributed by atoms with E-state index in [1.165, 1.54) is 5.56 Å². The highest BCUT2D eigenvalue weighted by molar-refractivity contribution is 6.06. The molecule has 4 aromatic rings. The molecule has 0 saturated carbocycles. The second-order valence-electron chi connectivity index (χ2n) is 6.76. The van der Waals surface area contributed by atoms with Crippen molar-refractivity contribution >= 4 is 22.6 Å². The zero-order valence-electron chi connectivity index (χ0n) is 15.8. The van der Waals surface area contributed by atoms with E-state index in [1.54, 1.807) is 6.07 Å². The van der Waals surface area contributed by atoms with Crippen molar-refractivity contribution in [3.05, 3.63) is 83.2 Å². The molecule has 3 N–H and O–H groups in total. The van der Waals surface area contributed by atoms with Gasteiger partial charge in [-0.2, -0.15) is 4.98 Å². The molecule has 140 valence electrons. The smallest absolute Gasteiger partial charge is 0.249 e. The molecule has 28 heavy (non-hydrogen) atoms. The number of anilines is 1. The molecular weight excluding hydrogens is 350 g/mol. The number of primary amides is 1. The predicted molar refractivity (Wildman–Crippen MR) is 111 cm³/mol. The maximum absolute atomic E-state index is 11.8. The summed E-state index contributed by atoms with van der Waals surface area (Å²) < 4.78 is 1.95. The number of amides is 1. The van der Waals surface area contributed by atoms with Crippen LogP contribution in [0.2, 0.25) is 0 Å². The van der Waals surface area contributed by atoms with Crippen LogP contribution in [0.1, 0.15) is 27.3 Å². The number of fused-ring (bicyclic) bond motifs is 1. The lowest BCUT2D eigenvalue weighted by Gasteiger charge is -2.11. The number of nitrogens with two attached hydrogens (primary N) is 1. The molecule has 0 atom stereocenters. The molecule has 1 amide bonds. The van der Waals surface area contributed by atoms with Crippen molar-refractivity contribution < 1.29 is 4.79 Å². The molecule has 0 aliphatic heterocycles. The molecule has 0 unspecified atom stereocenters. The highest BCUT2D eigenvalue weighted by Gasteiger charge is 2.15. The second-order valence-corrected chi connectivity index (χ2v) is 6.76. The van der Waals surface area contributed by atoms with Gasteiger partial charge in [-0.05, 0) is 37.6 Å². The average molecular weight is 371 g/mol. The summed E-state index contributed by atoms with van der Waals surface area (Å²) in [5, 5.41) is 4.16. The number of carbonyl (C=O) groups is 1. The van der Waals surface area contributed by atoms with Crippen molar-refractivity contribution in [2.75, 3.05) is 5.32 Å². The van der Waals surface area contributed by atoms with E-state index in [0.717, 1.165) is 28.1 Å². The largest absolute Gasteiger partial charge is 0.366 e. The molecule has 0 spiro atoms. The number of hydrogen-bond acceptors (Lipinski definition) is 4. The van der Waals surface area contributed by atoms with Crippen molar-refractivity contribution in [1.82, 2.24) is 14.5 Å². The van der Waals surface area contributed by atoms with Crippen LogP contribution in [0.3, 0.4) is 0 Å². The zero-order chi connectivity index (χ0) is 19.7. The summed E-state index contributed by atoms with van der Waals surface area (Å²) in [6.45, 7) is 4.58. The molecule has 2 heterocycles. The number of rotatable bonds is 5. The van der Waals surface area contributed by atoms with Gasteiger partial charge in [0.25, 0.3) is 0 Å². The predicted octanol–water partition coefficient (Wildman–Crippen LogP) is 3.75. The minimum atomic E-state index is -0.446. The summed E-state index contributed by atoms with van der Waals surface area (Å²) in [7, 11) is 0. The summed E-state index contributed by atoms with van der Waals surface area (Å²) in [5.74, 6) is 0.862. The Balaban J connectivity index is 1.75. The van der Waals surface area contributed by atoms with E-state index in [9.17, 15) is 4.79 Å². The summed E-state index contributed by atoms with van der Waals surface area (Å²) in [5.41, 5.74) is 9.84. The summed E-state index contributed by atoms with van der Waals surface area (Å²) in [4.78, 5) is 21.1. The molecule has 6 heteroatoms. The van der Waals surface area contributed by atoms with Crippen LogP contribution in [-0.2, 0) is 6.54 Å². The van der Waals surface area contributed by atoms with Gasteiger partial charge in [0.15, 0.2) is 0 Å². The van der Waals surface area contributed by atoms with Gasteiger partial charge in [-0.15, -0.1) is 0 Å². The van der Waals surface area contributed by atoms with Crippen molar-refractivity contribution in [3.63, 3.8) is 0 Å². The Morgan fingerprint density at radius 1 is 1.04 bits per heavy atom. The highest BCUT2D eigenvalue weighted by Crippen LogP contribution is 2.26. The third kappa shape index (κ3) is 3.32. The molecule has 0 bridgehead atoms. The molecule has 0 fully saturated rings. The van der Waals surface area contributed by atoms with Gasteiger partial charge in [-0.25, -0.2) is 4.98 Å². The van der Waals surface area contributed by atoms with Crippen LogP contribution in [0.15, 0.2) is 60.7 Å². The van der Waals surface area contributed by atoms with E-state index in [-0.39, 0.29) is 0 Å². The van der Waals surface area contributed by atoms with Crippen LogP contribution >= 0.6 is 0 Å². The highest BCUT2D eigenvalue weighted by atomic mass is 16.1. The first-order chi connectivity index (χ1) is 13.5. The lowest BCUT2D eigenvalue weighted by molar-refractivity contribution is 0.100.